The third kappa shape index (κ3) is 6.80. The quantitative estimate of drug-likeness (QED) is 0.687. The maximum absolute atomic E-state index is 10.7. The van der Waals surface area contributed by atoms with Gasteiger partial charge in [0, 0.05) is 12.1 Å². The average molecular weight is 356 g/mol. The van der Waals surface area contributed by atoms with E-state index in [0.717, 1.165) is 24.8 Å². The van der Waals surface area contributed by atoms with Gasteiger partial charge in [-0.1, -0.05) is 63.5 Å². The molecule has 3 heteroatoms. The van der Waals surface area contributed by atoms with Crippen molar-refractivity contribution in [3.8, 4) is 0 Å². The fourth-order valence-electron chi connectivity index (χ4n) is 3.57. The van der Waals surface area contributed by atoms with E-state index in [9.17, 15) is 4.79 Å². The van der Waals surface area contributed by atoms with Crippen LogP contribution in [0.5, 0.6) is 0 Å². The van der Waals surface area contributed by atoms with Crippen molar-refractivity contribution in [2.24, 2.45) is 5.73 Å². The molecule has 0 bridgehead atoms. The Balaban J connectivity index is 0.000000290. The first kappa shape index (κ1) is 20.4. The maximum atomic E-state index is 10.7. The smallest absolute Gasteiger partial charge is 0.328 e. The van der Waals surface area contributed by atoms with Gasteiger partial charge in [0.1, 0.15) is 0 Å². The van der Waals surface area contributed by atoms with E-state index < -0.39 is 5.97 Å². The highest BCUT2D eigenvalue weighted by Crippen LogP contribution is 2.30. The molecule has 142 valence electrons. The Morgan fingerprint density at radius 1 is 1.08 bits per heavy atom. The molecule has 3 nitrogen and oxygen atoms in total. The van der Waals surface area contributed by atoms with Crippen LogP contribution in [0.15, 0.2) is 42.0 Å². The molecule has 0 aliphatic heterocycles. The van der Waals surface area contributed by atoms with Crippen molar-refractivity contribution in [1.29, 1.82) is 0 Å². The van der Waals surface area contributed by atoms with Crippen LogP contribution in [0.1, 0.15) is 82.3 Å². The number of benzene rings is 1. The molecule has 2 aliphatic rings. The van der Waals surface area contributed by atoms with Crippen LogP contribution >= 0.6 is 0 Å². The van der Waals surface area contributed by atoms with Gasteiger partial charge in [0.05, 0.1) is 0 Å². The van der Waals surface area contributed by atoms with E-state index in [1.165, 1.54) is 54.9 Å². The van der Waals surface area contributed by atoms with Gasteiger partial charge < -0.3 is 10.8 Å². The second kappa shape index (κ2) is 10.3. The summed E-state index contributed by atoms with van der Waals surface area (Å²) in [7, 11) is 0. The lowest BCUT2D eigenvalue weighted by atomic mass is 9.89. The van der Waals surface area contributed by atoms with Crippen molar-refractivity contribution in [3.05, 3.63) is 53.1 Å². The van der Waals surface area contributed by atoms with Gasteiger partial charge in [0.2, 0.25) is 0 Å². The molecule has 0 radical (unpaired) electrons. The van der Waals surface area contributed by atoms with Gasteiger partial charge in [0.25, 0.3) is 0 Å². The van der Waals surface area contributed by atoms with E-state index >= 15 is 0 Å². The monoisotopic (exact) mass is 355 g/mol. The topological polar surface area (TPSA) is 63.3 Å². The summed E-state index contributed by atoms with van der Waals surface area (Å²) in [4.78, 5) is 10.7. The minimum Gasteiger partial charge on any atom is -0.478 e. The van der Waals surface area contributed by atoms with E-state index in [2.05, 4.69) is 38.1 Å². The summed E-state index contributed by atoms with van der Waals surface area (Å²) in [6.07, 6.45) is 12.9. The van der Waals surface area contributed by atoms with E-state index in [1.54, 1.807) is 0 Å². The average Bonchev–Trinajstić information content (AvgIpc) is 2.63. The molecular formula is C23H33NO2. The molecule has 0 unspecified atom stereocenters. The third-order valence-electron chi connectivity index (χ3n) is 5.18. The molecule has 0 spiro atoms. The van der Waals surface area contributed by atoms with E-state index in [-0.39, 0.29) is 0 Å². The maximum Gasteiger partial charge on any atom is 0.328 e. The lowest BCUT2D eigenvalue weighted by molar-refractivity contribution is -0.131. The molecule has 0 amide bonds. The summed E-state index contributed by atoms with van der Waals surface area (Å²) in [5.74, 6) is -0.320. The lowest BCUT2D eigenvalue weighted by Gasteiger charge is -2.16. The van der Waals surface area contributed by atoms with Crippen molar-refractivity contribution in [1.82, 2.24) is 0 Å². The van der Waals surface area contributed by atoms with Gasteiger partial charge in [-0.05, 0) is 60.3 Å². The SMILES string of the molecule is CC(C)c1ccc(C2=C/C(=C/C(=O)O)CCC2)cc1.NC1CCCCC1. The number of carbonyl (C=O) groups is 1. The zero-order valence-electron chi connectivity index (χ0n) is 16.2. The Morgan fingerprint density at radius 2 is 1.73 bits per heavy atom. The summed E-state index contributed by atoms with van der Waals surface area (Å²) in [5.41, 5.74) is 10.3. The largest absolute Gasteiger partial charge is 0.478 e. The van der Waals surface area contributed by atoms with Gasteiger partial charge in [-0.3, -0.25) is 0 Å². The normalized spacial score (nSPS) is 19.7. The Kier molecular flexibility index (Phi) is 8.11. The molecule has 1 aromatic rings. The van der Waals surface area contributed by atoms with Crippen LogP contribution < -0.4 is 5.73 Å². The number of hydrogen-bond donors (Lipinski definition) is 2. The first-order valence-electron chi connectivity index (χ1n) is 9.95. The molecule has 2 aliphatic carbocycles. The fourth-order valence-corrected chi connectivity index (χ4v) is 3.57. The van der Waals surface area contributed by atoms with Crippen LogP contribution in [0.3, 0.4) is 0 Å². The summed E-state index contributed by atoms with van der Waals surface area (Å²) in [5, 5.41) is 8.81. The summed E-state index contributed by atoms with van der Waals surface area (Å²) >= 11 is 0. The number of carboxylic acid groups (broad SMARTS) is 1. The van der Waals surface area contributed by atoms with Crippen LogP contribution in [0.25, 0.3) is 5.57 Å². The first-order valence-corrected chi connectivity index (χ1v) is 9.95. The second-order valence-electron chi connectivity index (χ2n) is 7.76. The zero-order valence-corrected chi connectivity index (χ0v) is 16.2. The molecule has 0 saturated heterocycles. The number of aliphatic carboxylic acids is 1. The first-order chi connectivity index (χ1) is 12.5. The summed E-state index contributed by atoms with van der Waals surface area (Å²) < 4.78 is 0. The van der Waals surface area contributed by atoms with E-state index in [4.69, 9.17) is 10.8 Å². The van der Waals surface area contributed by atoms with Crippen LogP contribution in [0.4, 0.5) is 0 Å². The van der Waals surface area contributed by atoms with E-state index in [1.807, 2.05) is 6.08 Å². The van der Waals surface area contributed by atoms with Gasteiger partial charge in [-0.2, -0.15) is 0 Å². The van der Waals surface area contributed by atoms with Crippen molar-refractivity contribution < 1.29 is 9.90 Å². The Hall–Kier alpha value is -1.87. The molecule has 1 saturated carbocycles. The van der Waals surface area contributed by atoms with Crippen LogP contribution in [-0.4, -0.2) is 17.1 Å². The molecule has 1 fully saturated rings. The van der Waals surface area contributed by atoms with Gasteiger partial charge in [0.15, 0.2) is 0 Å². The van der Waals surface area contributed by atoms with Crippen molar-refractivity contribution in [3.63, 3.8) is 0 Å². The van der Waals surface area contributed by atoms with Crippen molar-refractivity contribution >= 4 is 11.5 Å². The lowest BCUT2D eigenvalue weighted by Crippen LogP contribution is -2.22. The third-order valence-corrected chi connectivity index (χ3v) is 5.18. The Labute approximate surface area is 158 Å². The van der Waals surface area contributed by atoms with E-state index in [0.29, 0.717) is 12.0 Å². The van der Waals surface area contributed by atoms with Crippen molar-refractivity contribution in [2.75, 3.05) is 0 Å². The number of hydrogen-bond acceptors (Lipinski definition) is 2. The minimum absolute atomic E-state index is 0.536. The second-order valence-corrected chi connectivity index (χ2v) is 7.76. The molecule has 1 aromatic carbocycles. The molecule has 0 aromatic heterocycles. The summed E-state index contributed by atoms with van der Waals surface area (Å²) in [6, 6.07) is 9.15. The van der Waals surface area contributed by atoms with Crippen LogP contribution in [0.2, 0.25) is 0 Å². The molecule has 3 N–H and O–H groups in total. The highest BCUT2D eigenvalue weighted by atomic mass is 16.4. The minimum atomic E-state index is -0.859. The number of nitrogens with two attached hydrogens (primary N) is 1. The Morgan fingerprint density at radius 3 is 2.23 bits per heavy atom. The number of rotatable bonds is 3. The highest BCUT2D eigenvalue weighted by molar-refractivity contribution is 5.82. The molecule has 26 heavy (non-hydrogen) atoms. The zero-order chi connectivity index (χ0) is 18.9. The van der Waals surface area contributed by atoms with Crippen LogP contribution in [0, 0.1) is 0 Å². The molecule has 3 rings (SSSR count). The summed E-state index contributed by atoms with van der Waals surface area (Å²) in [6.45, 7) is 4.37. The van der Waals surface area contributed by atoms with Crippen molar-refractivity contribution in [2.45, 2.75) is 77.2 Å². The fraction of sp³-hybridized carbons (Fsp3) is 0.522. The predicted octanol–water partition coefficient (Wildman–Crippen LogP) is 5.67. The van der Waals surface area contributed by atoms with Gasteiger partial charge >= 0.3 is 5.97 Å². The highest BCUT2D eigenvalue weighted by Gasteiger charge is 2.11. The predicted molar refractivity (Wildman–Crippen MR) is 109 cm³/mol. The number of allylic oxidation sites excluding steroid dienone is 3. The van der Waals surface area contributed by atoms with Gasteiger partial charge in [-0.15, -0.1) is 0 Å². The molecule has 0 heterocycles. The molecular weight excluding hydrogens is 322 g/mol. The number of carboxylic acids is 1. The van der Waals surface area contributed by atoms with Crippen LogP contribution in [-0.2, 0) is 4.79 Å². The molecule has 0 atom stereocenters. The standard InChI is InChI=1S/C17H20O2.C6H13N/c1-12(2)14-6-8-15(9-7-14)16-5-3-4-13(10-16)11-17(18)19;7-6-4-2-1-3-5-6/h6-12H,3-5H2,1-2H3,(H,18,19);6H,1-5,7H2/b13-11+;. The Bertz CT molecular complexity index is 635. The van der Waals surface area contributed by atoms with Gasteiger partial charge in [-0.25, -0.2) is 4.79 Å².